The Morgan fingerprint density at radius 1 is 1.38 bits per heavy atom. The first-order valence-electron chi connectivity index (χ1n) is 5.32. The number of aryl methyl sites for hydroxylation is 1. The zero-order valence-electron chi connectivity index (χ0n) is 10.6. The van der Waals surface area contributed by atoms with Crippen LogP contribution in [0.5, 0.6) is 0 Å². The van der Waals surface area contributed by atoms with Crippen molar-refractivity contribution in [1.82, 2.24) is 4.98 Å². The molecule has 0 aliphatic carbocycles. The van der Waals surface area contributed by atoms with Crippen LogP contribution in [0, 0.1) is 13.8 Å². The second-order valence-corrected chi connectivity index (χ2v) is 7.23. The van der Waals surface area contributed by atoms with E-state index in [0.29, 0.717) is 5.75 Å². The number of aromatic nitrogens is 1. The average molecular weight is 240 g/mol. The molecule has 4 heteroatoms. The maximum atomic E-state index is 12.0. The van der Waals surface area contributed by atoms with Crippen LogP contribution in [-0.4, -0.2) is 13.9 Å². The van der Waals surface area contributed by atoms with Crippen molar-refractivity contribution in [2.45, 2.75) is 45.1 Å². The summed E-state index contributed by atoms with van der Waals surface area (Å²) in [6.45, 7) is 9.77. The van der Waals surface area contributed by atoms with Crippen molar-refractivity contribution in [3.05, 3.63) is 23.0 Å². The van der Waals surface area contributed by atoms with Crippen molar-refractivity contribution < 1.29 is 4.21 Å². The van der Waals surface area contributed by atoms with Gasteiger partial charge >= 0.3 is 0 Å². The Morgan fingerprint density at radius 2 is 1.94 bits per heavy atom. The van der Waals surface area contributed by atoms with Crippen LogP contribution in [0.25, 0.3) is 0 Å². The Balaban J connectivity index is 3.00. The number of rotatable bonds is 2. The van der Waals surface area contributed by atoms with E-state index in [-0.39, 0.29) is 4.75 Å². The predicted octanol–water partition coefficient (Wildman–Crippen LogP) is 2.33. The summed E-state index contributed by atoms with van der Waals surface area (Å²) in [7, 11) is -0.932. The third-order valence-corrected chi connectivity index (χ3v) is 4.53. The summed E-state index contributed by atoms with van der Waals surface area (Å²) in [6.07, 6.45) is 1.75. The number of nitrogens with zero attached hydrogens (tertiary/aromatic N) is 1. The van der Waals surface area contributed by atoms with Gasteiger partial charge in [0.2, 0.25) is 0 Å². The van der Waals surface area contributed by atoms with Gasteiger partial charge in [-0.15, -0.1) is 0 Å². The summed E-state index contributed by atoms with van der Waals surface area (Å²) >= 11 is 0. The van der Waals surface area contributed by atoms with Gasteiger partial charge in [0.25, 0.3) is 0 Å². The Kier molecular flexibility index (Phi) is 3.73. The van der Waals surface area contributed by atoms with E-state index in [4.69, 9.17) is 5.73 Å². The Bertz CT molecular complexity index is 422. The first kappa shape index (κ1) is 13.2. The SMILES string of the molecule is Cc1cnc(CS(=O)C(C)(C)C)c(C)c1N. The van der Waals surface area contributed by atoms with Crippen molar-refractivity contribution in [1.29, 1.82) is 0 Å². The van der Waals surface area contributed by atoms with Gasteiger partial charge in [-0.2, -0.15) is 0 Å². The van der Waals surface area contributed by atoms with Gasteiger partial charge in [0.05, 0.1) is 11.4 Å². The number of anilines is 1. The van der Waals surface area contributed by atoms with E-state index < -0.39 is 10.8 Å². The van der Waals surface area contributed by atoms with Gasteiger partial charge in [-0.25, -0.2) is 0 Å². The molecule has 1 unspecified atom stereocenters. The van der Waals surface area contributed by atoms with E-state index in [1.165, 1.54) is 0 Å². The molecule has 16 heavy (non-hydrogen) atoms. The maximum absolute atomic E-state index is 12.0. The van der Waals surface area contributed by atoms with Crippen molar-refractivity contribution in [2.24, 2.45) is 0 Å². The van der Waals surface area contributed by atoms with Crippen molar-refractivity contribution in [3.8, 4) is 0 Å². The van der Waals surface area contributed by atoms with Gasteiger partial charge in [-0.05, 0) is 45.7 Å². The predicted molar refractivity (Wildman–Crippen MR) is 69.7 cm³/mol. The summed E-state index contributed by atoms with van der Waals surface area (Å²) in [5.74, 6) is 0.472. The molecule has 0 spiro atoms. The van der Waals surface area contributed by atoms with E-state index >= 15 is 0 Å². The van der Waals surface area contributed by atoms with E-state index in [9.17, 15) is 4.21 Å². The Labute approximate surface area is 99.9 Å². The van der Waals surface area contributed by atoms with E-state index in [0.717, 1.165) is 22.5 Å². The topological polar surface area (TPSA) is 56.0 Å². The lowest BCUT2D eigenvalue weighted by Gasteiger charge is -2.18. The van der Waals surface area contributed by atoms with Gasteiger partial charge in [0.1, 0.15) is 0 Å². The first-order chi connectivity index (χ1) is 7.23. The Hall–Kier alpha value is -0.900. The molecule has 0 saturated heterocycles. The molecule has 0 aliphatic rings. The minimum absolute atomic E-state index is 0.215. The summed E-state index contributed by atoms with van der Waals surface area (Å²) in [6, 6.07) is 0. The van der Waals surface area contributed by atoms with Crippen molar-refractivity contribution in [3.63, 3.8) is 0 Å². The summed E-state index contributed by atoms with van der Waals surface area (Å²) < 4.78 is 11.8. The Morgan fingerprint density at radius 3 is 2.44 bits per heavy atom. The minimum atomic E-state index is -0.932. The number of nitrogens with two attached hydrogens (primary N) is 1. The first-order valence-corrected chi connectivity index (χ1v) is 6.64. The highest BCUT2D eigenvalue weighted by molar-refractivity contribution is 7.85. The maximum Gasteiger partial charge on any atom is 0.0667 e. The van der Waals surface area contributed by atoms with Gasteiger partial charge in [-0.1, -0.05) is 0 Å². The van der Waals surface area contributed by atoms with Gasteiger partial charge in [0, 0.05) is 27.4 Å². The zero-order valence-corrected chi connectivity index (χ0v) is 11.4. The standard InChI is InChI=1S/C12H20N2OS/c1-8-6-14-10(9(2)11(8)13)7-16(15)12(3,4)5/h6H,7H2,1-5H3,(H2,13,14). The third kappa shape index (κ3) is 2.82. The highest BCUT2D eigenvalue weighted by Crippen LogP contribution is 2.22. The molecule has 0 aliphatic heterocycles. The monoisotopic (exact) mass is 240 g/mol. The molecule has 1 aromatic rings. The second-order valence-electron chi connectivity index (χ2n) is 5.03. The molecule has 0 bridgehead atoms. The van der Waals surface area contributed by atoms with E-state index in [1.807, 2.05) is 34.6 Å². The molecule has 0 amide bonds. The minimum Gasteiger partial charge on any atom is -0.398 e. The quantitative estimate of drug-likeness (QED) is 0.863. The highest BCUT2D eigenvalue weighted by Gasteiger charge is 2.21. The molecule has 3 nitrogen and oxygen atoms in total. The van der Waals surface area contributed by atoms with Crippen LogP contribution in [-0.2, 0) is 16.6 Å². The molecule has 1 aromatic heterocycles. The van der Waals surface area contributed by atoms with Gasteiger partial charge in [-0.3, -0.25) is 9.19 Å². The molecule has 1 rings (SSSR count). The molecule has 1 heterocycles. The molecule has 0 aromatic carbocycles. The van der Waals surface area contributed by atoms with Crippen LogP contribution < -0.4 is 5.73 Å². The van der Waals surface area contributed by atoms with Crippen LogP contribution in [0.3, 0.4) is 0 Å². The lowest BCUT2D eigenvalue weighted by atomic mass is 10.1. The zero-order chi connectivity index (χ0) is 12.5. The molecular formula is C12H20N2OS. The largest absolute Gasteiger partial charge is 0.398 e. The van der Waals surface area contributed by atoms with Crippen LogP contribution in [0.15, 0.2) is 6.20 Å². The fourth-order valence-corrected chi connectivity index (χ4v) is 2.25. The molecule has 0 saturated carbocycles. The summed E-state index contributed by atoms with van der Waals surface area (Å²) in [5, 5.41) is 0. The van der Waals surface area contributed by atoms with Gasteiger partial charge < -0.3 is 5.73 Å². The van der Waals surface area contributed by atoms with Crippen molar-refractivity contribution in [2.75, 3.05) is 5.73 Å². The molecule has 2 N–H and O–H groups in total. The van der Waals surface area contributed by atoms with Crippen LogP contribution in [0.4, 0.5) is 5.69 Å². The highest BCUT2D eigenvalue weighted by atomic mass is 32.2. The fourth-order valence-electron chi connectivity index (χ4n) is 1.28. The number of nitrogen functional groups attached to an aromatic ring is 1. The molecule has 1 atom stereocenters. The summed E-state index contributed by atoms with van der Waals surface area (Å²) in [5.41, 5.74) is 9.46. The molecular weight excluding hydrogens is 220 g/mol. The average Bonchev–Trinajstić information content (AvgIpc) is 2.17. The number of hydrogen-bond acceptors (Lipinski definition) is 3. The van der Waals surface area contributed by atoms with Crippen LogP contribution in [0.1, 0.15) is 37.6 Å². The number of hydrogen-bond donors (Lipinski definition) is 1. The fraction of sp³-hybridized carbons (Fsp3) is 0.583. The molecule has 0 fully saturated rings. The third-order valence-electron chi connectivity index (χ3n) is 2.63. The molecule has 90 valence electrons. The van der Waals surface area contributed by atoms with Crippen LogP contribution >= 0.6 is 0 Å². The summed E-state index contributed by atoms with van der Waals surface area (Å²) in [4.78, 5) is 4.32. The van der Waals surface area contributed by atoms with E-state index in [1.54, 1.807) is 6.20 Å². The number of pyridine rings is 1. The second kappa shape index (κ2) is 4.53. The van der Waals surface area contributed by atoms with Gasteiger partial charge in [0.15, 0.2) is 0 Å². The normalized spacial score (nSPS) is 13.8. The lowest BCUT2D eigenvalue weighted by Crippen LogP contribution is -2.23. The smallest absolute Gasteiger partial charge is 0.0667 e. The van der Waals surface area contributed by atoms with E-state index in [2.05, 4.69) is 4.98 Å². The molecule has 0 radical (unpaired) electrons. The lowest BCUT2D eigenvalue weighted by molar-refractivity contribution is 0.647. The van der Waals surface area contributed by atoms with Crippen LogP contribution in [0.2, 0.25) is 0 Å². The van der Waals surface area contributed by atoms with Crippen molar-refractivity contribution >= 4 is 16.5 Å².